The van der Waals surface area contributed by atoms with Crippen molar-refractivity contribution in [1.29, 1.82) is 0 Å². The van der Waals surface area contributed by atoms with E-state index in [0.717, 1.165) is 0 Å². The molecular weight excluding hydrogens is 287 g/mol. The van der Waals surface area contributed by atoms with Crippen LogP contribution in [0.15, 0.2) is 34.9 Å². The molecule has 1 fully saturated rings. The third-order valence-corrected chi connectivity index (χ3v) is 3.99. The lowest BCUT2D eigenvalue weighted by molar-refractivity contribution is -0.143. The molecule has 0 spiro atoms. The average Bonchev–Trinajstić information content (AvgIpc) is 2.96. The maximum atomic E-state index is 13.7. The van der Waals surface area contributed by atoms with Crippen LogP contribution >= 0.6 is 0 Å². The summed E-state index contributed by atoms with van der Waals surface area (Å²) in [6.07, 6.45) is 2.80. The molecule has 0 bridgehead atoms. The van der Waals surface area contributed by atoms with Crippen LogP contribution in [0.4, 0.5) is 4.39 Å². The molecule has 1 aliphatic heterocycles. The van der Waals surface area contributed by atoms with E-state index in [2.05, 4.69) is 9.88 Å². The van der Waals surface area contributed by atoms with Crippen molar-refractivity contribution in [2.45, 2.75) is 19.4 Å². The molecule has 0 unspecified atom stereocenters. The maximum Gasteiger partial charge on any atom is 0.306 e. The van der Waals surface area contributed by atoms with Gasteiger partial charge in [-0.1, -0.05) is 12.1 Å². The van der Waals surface area contributed by atoms with Crippen LogP contribution in [-0.4, -0.2) is 34.0 Å². The molecule has 2 heterocycles. The van der Waals surface area contributed by atoms with Crippen molar-refractivity contribution < 1.29 is 18.7 Å². The van der Waals surface area contributed by atoms with Crippen LogP contribution < -0.4 is 0 Å². The number of oxazole rings is 1. The number of aliphatic carboxylic acids is 1. The van der Waals surface area contributed by atoms with Crippen molar-refractivity contribution in [3.8, 4) is 11.3 Å². The molecule has 116 valence electrons. The number of carboxylic acids is 1. The van der Waals surface area contributed by atoms with Gasteiger partial charge < -0.3 is 9.52 Å². The first-order valence-corrected chi connectivity index (χ1v) is 7.28. The van der Waals surface area contributed by atoms with Gasteiger partial charge in [0, 0.05) is 0 Å². The minimum atomic E-state index is -0.724. The molecule has 0 saturated carbocycles. The second-order valence-corrected chi connectivity index (χ2v) is 5.49. The average molecular weight is 304 g/mol. The Kier molecular flexibility index (Phi) is 4.20. The second-order valence-electron chi connectivity index (χ2n) is 5.49. The molecule has 1 aromatic heterocycles. The van der Waals surface area contributed by atoms with Crippen LogP contribution in [0.5, 0.6) is 0 Å². The van der Waals surface area contributed by atoms with Crippen molar-refractivity contribution in [1.82, 2.24) is 9.88 Å². The Morgan fingerprint density at radius 1 is 1.36 bits per heavy atom. The quantitative estimate of drug-likeness (QED) is 0.941. The van der Waals surface area contributed by atoms with Gasteiger partial charge in [0.05, 0.1) is 24.2 Å². The lowest BCUT2D eigenvalue weighted by Gasteiger charge is -2.28. The number of carboxylic acid groups (broad SMARTS) is 1. The monoisotopic (exact) mass is 304 g/mol. The van der Waals surface area contributed by atoms with E-state index < -0.39 is 5.97 Å². The first kappa shape index (κ1) is 14.7. The van der Waals surface area contributed by atoms with Crippen LogP contribution in [0.25, 0.3) is 11.3 Å². The van der Waals surface area contributed by atoms with Crippen LogP contribution in [0.2, 0.25) is 0 Å². The number of likely N-dealkylation sites (tertiary alicyclic amines) is 1. The topological polar surface area (TPSA) is 66.6 Å². The maximum absolute atomic E-state index is 13.7. The Labute approximate surface area is 127 Å². The van der Waals surface area contributed by atoms with E-state index in [4.69, 9.17) is 9.52 Å². The highest BCUT2D eigenvalue weighted by Gasteiger charge is 2.25. The van der Waals surface area contributed by atoms with Crippen molar-refractivity contribution >= 4 is 5.97 Å². The van der Waals surface area contributed by atoms with Crippen molar-refractivity contribution in [3.05, 3.63) is 42.2 Å². The van der Waals surface area contributed by atoms with E-state index in [0.29, 0.717) is 49.7 Å². The molecule has 6 heteroatoms. The summed E-state index contributed by atoms with van der Waals surface area (Å²) in [6, 6.07) is 6.41. The van der Waals surface area contributed by atoms with Crippen molar-refractivity contribution in [3.63, 3.8) is 0 Å². The zero-order chi connectivity index (χ0) is 15.5. The van der Waals surface area contributed by atoms with E-state index in [1.807, 2.05) is 0 Å². The molecule has 0 amide bonds. The highest BCUT2D eigenvalue weighted by atomic mass is 19.1. The molecule has 1 N–H and O–H groups in total. The molecule has 1 aliphatic rings. The summed E-state index contributed by atoms with van der Waals surface area (Å²) >= 11 is 0. The highest BCUT2D eigenvalue weighted by Crippen LogP contribution is 2.24. The molecule has 1 aromatic carbocycles. The molecule has 3 rings (SSSR count). The summed E-state index contributed by atoms with van der Waals surface area (Å²) in [7, 11) is 0. The summed E-state index contributed by atoms with van der Waals surface area (Å²) in [5, 5.41) is 8.98. The Bertz CT molecular complexity index is 663. The fourth-order valence-corrected chi connectivity index (χ4v) is 2.70. The summed E-state index contributed by atoms with van der Waals surface area (Å²) < 4.78 is 19.3. The van der Waals surface area contributed by atoms with Gasteiger partial charge in [0.1, 0.15) is 5.82 Å². The third kappa shape index (κ3) is 3.17. The van der Waals surface area contributed by atoms with Gasteiger partial charge in [0.25, 0.3) is 0 Å². The summed E-state index contributed by atoms with van der Waals surface area (Å²) in [6.45, 7) is 1.92. The second kappa shape index (κ2) is 6.27. The number of carbonyl (C=O) groups is 1. The minimum absolute atomic E-state index is 0.255. The number of hydrogen-bond acceptors (Lipinski definition) is 4. The fourth-order valence-electron chi connectivity index (χ4n) is 2.70. The lowest BCUT2D eigenvalue weighted by atomic mass is 9.97. The predicted octanol–water partition coefficient (Wildman–Crippen LogP) is 2.78. The Morgan fingerprint density at radius 2 is 2.09 bits per heavy atom. The molecule has 2 aromatic rings. The van der Waals surface area contributed by atoms with Crippen LogP contribution in [0.1, 0.15) is 18.7 Å². The van der Waals surface area contributed by atoms with Gasteiger partial charge >= 0.3 is 5.97 Å². The largest absolute Gasteiger partial charge is 0.481 e. The first-order chi connectivity index (χ1) is 10.6. The Hall–Kier alpha value is -2.21. The standard InChI is InChI=1S/C16H17FN2O3/c17-13-4-2-1-3-12(13)14-9-18-15(22-14)10-19-7-5-11(6-8-19)16(20)21/h1-4,9,11H,5-8,10H2,(H,20,21). The van der Waals surface area contributed by atoms with Crippen LogP contribution in [0, 0.1) is 11.7 Å². The normalized spacial score (nSPS) is 16.8. The van der Waals surface area contributed by atoms with Crippen LogP contribution in [-0.2, 0) is 11.3 Å². The molecule has 22 heavy (non-hydrogen) atoms. The van der Waals surface area contributed by atoms with Crippen molar-refractivity contribution in [2.75, 3.05) is 13.1 Å². The van der Waals surface area contributed by atoms with E-state index in [-0.39, 0.29) is 11.7 Å². The molecule has 0 atom stereocenters. The van der Waals surface area contributed by atoms with Crippen molar-refractivity contribution in [2.24, 2.45) is 5.92 Å². The smallest absolute Gasteiger partial charge is 0.306 e. The van der Waals surface area contributed by atoms with E-state index in [9.17, 15) is 9.18 Å². The summed E-state index contributed by atoms with van der Waals surface area (Å²) in [4.78, 5) is 17.2. The first-order valence-electron chi connectivity index (χ1n) is 7.28. The van der Waals surface area contributed by atoms with E-state index in [1.54, 1.807) is 18.2 Å². The number of hydrogen-bond donors (Lipinski definition) is 1. The van der Waals surface area contributed by atoms with Gasteiger partial charge in [-0.15, -0.1) is 0 Å². The number of piperidine rings is 1. The van der Waals surface area contributed by atoms with Gasteiger partial charge in [-0.25, -0.2) is 9.37 Å². The molecular formula is C16H17FN2O3. The van der Waals surface area contributed by atoms with Crippen LogP contribution in [0.3, 0.4) is 0 Å². The summed E-state index contributed by atoms with van der Waals surface area (Å²) in [5.74, 6) is -0.388. The lowest BCUT2D eigenvalue weighted by Crippen LogP contribution is -2.35. The molecule has 0 radical (unpaired) electrons. The number of benzene rings is 1. The number of nitrogens with zero attached hydrogens (tertiary/aromatic N) is 2. The number of halogens is 1. The van der Waals surface area contributed by atoms with Gasteiger partial charge in [-0.05, 0) is 38.1 Å². The predicted molar refractivity (Wildman–Crippen MR) is 77.5 cm³/mol. The van der Waals surface area contributed by atoms with Gasteiger partial charge in [-0.3, -0.25) is 9.69 Å². The van der Waals surface area contributed by atoms with Gasteiger partial charge in [0.2, 0.25) is 5.89 Å². The number of rotatable bonds is 4. The van der Waals surface area contributed by atoms with E-state index in [1.165, 1.54) is 12.3 Å². The molecule has 0 aliphatic carbocycles. The highest BCUT2D eigenvalue weighted by molar-refractivity contribution is 5.70. The number of aromatic nitrogens is 1. The zero-order valence-corrected chi connectivity index (χ0v) is 12.0. The fraction of sp³-hybridized carbons (Fsp3) is 0.375. The van der Waals surface area contributed by atoms with Gasteiger partial charge in [0.15, 0.2) is 5.76 Å². The molecule has 5 nitrogen and oxygen atoms in total. The van der Waals surface area contributed by atoms with Gasteiger partial charge in [-0.2, -0.15) is 0 Å². The third-order valence-electron chi connectivity index (χ3n) is 3.99. The molecule has 1 saturated heterocycles. The Morgan fingerprint density at radius 3 is 2.77 bits per heavy atom. The zero-order valence-electron chi connectivity index (χ0n) is 12.0. The SMILES string of the molecule is O=C(O)C1CCN(Cc2ncc(-c3ccccc3F)o2)CC1. The Balaban J connectivity index is 1.63. The minimum Gasteiger partial charge on any atom is -0.481 e. The summed E-state index contributed by atoms with van der Waals surface area (Å²) in [5.41, 5.74) is 0.394. The van der Waals surface area contributed by atoms with E-state index >= 15 is 0 Å².